The molecule has 1 atom stereocenters. The minimum Gasteiger partial charge on any atom is -0.323 e. The average molecular weight is 236 g/mol. The largest absolute Gasteiger partial charge is 0.323 e. The summed E-state index contributed by atoms with van der Waals surface area (Å²) in [5.41, 5.74) is 2.89. The van der Waals surface area contributed by atoms with Gasteiger partial charge in [0.05, 0.1) is 0 Å². The van der Waals surface area contributed by atoms with E-state index in [4.69, 9.17) is 5.26 Å². The SMILES string of the molecule is CC1Cc2ccccc2N1c1cc(C#N)ncn1. The molecule has 1 aliphatic heterocycles. The fourth-order valence-corrected chi connectivity index (χ4v) is 2.45. The number of nitrogens with zero attached hydrogens (tertiary/aromatic N) is 4. The Kier molecular flexibility index (Phi) is 2.45. The van der Waals surface area contributed by atoms with E-state index in [9.17, 15) is 0 Å². The molecule has 18 heavy (non-hydrogen) atoms. The van der Waals surface area contributed by atoms with E-state index in [0.717, 1.165) is 12.2 Å². The van der Waals surface area contributed by atoms with E-state index in [1.165, 1.54) is 17.6 Å². The van der Waals surface area contributed by atoms with Gasteiger partial charge in [0.2, 0.25) is 0 Å². The van der Waals surface area contributed by atoms with Crippen molar-refractivity contribution in [2.24, 2.45) is 0 Å². The number of benzene rings is 1. The third-order valence-corrected chi connectivity index (χ3v) is 3.22. The van der Waals surface area contributed by atoms with Crippen molar-refractivity contribution in [1.29, 1.82) is 5.26 Å². The molecule has 1 aromatic heterocycles. The van der Waals surface area contributed by atoms with Crippen LogP contribution < -0.4 is 4.90 Å². The lowest BCUT2D eigenvalue weighted by Crippen LogP contribution is -2.24. The predicted molar refractivity (Wildman–Crippen MR) is 68.5 cm³/mol. The maximum Gasteiger partial charge on any atom is 0.145 e. The van der Waals surface area contributed by atoms with Crippen molar-refractivity contribution in [2.45, 2.75) is 19.4 Å². The van der Waals surface area contributed by atoms with Crippen LogP contribution in [-0.2, 0) is 6.42 Å². The first kappa shape index (κ1) is 10.7. The van der Waals surface area contributed by atoms with Crippen LogP contribution in [0.5, 0.6) is 0 Å². The molecule has 0 bridgehead atoms. The zero-order valence-corrected chi connectivity index (χ0v) is 10.0. The van der Waals surface area contributed by atoms with Crippen LogP contribution in [0.3, 0.4) is 0 Å². The third-order valence-electron chi connectivity index (χ3n) is 3.22. The molecule has 1 aromatic carbocycles. The van der Waals surface area contributed by atoms with E-state index in [1.807, 2.05) is 6.07 Å². The van der Waals surface area contributed by atoms with Gasteiger partial charge in [0.25, 0.3) is 0 Å². The van der Waals surface area contributed by atoms with Gasteiger partial charge < -0.3 is 4.90 Å². The minimum atomic E-state index is 0.351. The minimum absolute atomic E-state index is 0.351. The number of hydrogen-bond donors (Lipinski definition) is 0. The molecule has 0 spiro atoms. The topological polar surface area (TPSA) is 52.8 Å². The lowest BCUT2D eigenvalue weighted by atomic mass is 10.1. The van der Waals surface area contributed by atoms with Gasteiger partial charge in [-0.15, -0.1) is 0 Å². The van der Waals surface area contributed by atoms with E-state index >= 15 is 0 Å². The fraction of sp³-hybridized carbons (Fsp3) is 0.214. The molecule has 1 aliphatic rings. The molecule has 2 aromatic rings. The van der Waals surface area contributed by atoms with Crippen molar-refractivity contribution in [2.75, 3.05) is 4.90 Å². The Hall–Kier alpha value is -2.41. The summed E-state index contributed by atoms with van der Waals surface area (Å²) in [6.07, 6.45) is 2.45. The monoisotopic (exact) mass is 236 g/mol. The Morgan fingerprint density at radius 1 is 1.33 bits per heavy atom. The number of fused-ring (bicyclic) bond motifs is 1. The van der Waals surface area contributed by atoms with E-state index in [1.54, 1.807) is 6.07 Å². The smallest absolute Gasteiger partial charge is 0.145 e. The van der Waals surface area contributed by atoms with Crippen molar-refractivity contribution >= 4 is 11.5 Å². The zero-order valence-electron chi connectivity index (χ0n) is 10.0. The summed E-state index contributed by atoms with van der Waals surface area (Å²) in [4.78, 5) is 10.4. The summed E-state index contributed by atoms with van der Waals surface area (Å²) in [5.74, 6) is 0.791. The molecule has 0 radical (unpaired) electrons. The molecular formula is C14H12N4. The molecule has 88 valence electrons. The number of hydrogen-bond acceptors (Lipinski definition) is 4. The first-order valence-corrected chi connectivity index (χ1v) is 5.89. The van der Waals surface area contributed by atoms with Crippen molar-refractivity contribution in [3.05, 3.63) is 47.9 Å². The Labute approximate surface area is 106 Å². The molecule has 4 nitrogen and oxygen atoms in total. The third kappa shape index (κ3) is 1.61. The number of aromatic nitrogens is 2. The molecule has 0 saturated carbocycles. The molecule has 0 saturated heterocycles. The normalized spacial score (nSPS) is 17.3. The number of rotatable bonds is 1. The molecule has 2 heterocycles. The summed E-state index contributed by atoms with van der Waals surface area (Å²) in [6.45, 7) is 2.16. The highest BCUT2D eigenvalue weighted by Crippen LogP contribution is 2.36. The van der Waals surface area contributed by atoms with E-state index in [2.05, 4.69) is 46.1 Å². The van der Waals surface area contributed by atoms with Crippen LogP contribution in [0, 0.1) is 11.3 Å². The second kappa shape index (κ2) is 4.11. The molecule has 3 rings (SSSR count). The molecular weight excluding hydrogens is 224 g/mol. The van der Waals surface area contributed by atoms with Gasteiger partial charge in [-0.05, 0) is 25.0 Å². The summed E-state index contributed by atoms with van der Waals surface area (Å²) in [7, 11) is 0. The van der Waals surface area contributed by atoms with Crippen LogP contribution in [0.15, 0.2) is 36.7 Å². The van der Waals surface area contributed by atoms with Crippen molar-refractivity contribution in [3.63, 3.8) is 0 Å². The average Bonchev–Trinajstić information content (AvgIpc) is 2.74. The lowest BCUT2D eigenvalue weighted by Gasteiger charge is -2.23. The number of anilines is 2. The number of para-hydroxylation sites is 1. The first-order chi connectivity index (χ1) is 8.79. The summed E-state index contributed by atoms with van der Waals surface area (Å²) >= 11 is 0. The Morgan fingerprint density at radius 3 is 3.00 bits per heavy atom. The van der Waals surface area contributed by atoms with Crippen LogP contribution >= 0.6 is 0 Å². The second-order valence-electron chi connectivity index (χ2n) is 4.43. The van der Waals surface area contributed by atoms with Gasteiger partial charge in [-0.25, -0.2) is 9.97 Å². The van der Waals surface area contributed by atoms with Gasteiger partial charge in [-0.1, -0.05) is 18.2 Å². The Morgan fingerprint density at radius 2 is 2.17 bits per heavy atom. The van der Waals surface area contributed by atoms with Crippen LogP contribution in [0.4, 0.5) is 11.5 Å². The molecule has 0 fully saturated rings. The maximum atomic E-state index is 8.91. The molecule has 0 amide bonds. The van der Waals surface area contributed by atoms with E-state index in [-0.39, 0.29) is 0 Å². The highest BCUT2D eigenvalue weighted by molar-refractivity contribution is 5.69. The van der Waals surface area contributed by atoms with Crippen LogP contribution in [0.1, 0.15) is 18.2 Å². The summed E-state index contributed by atoms with van der Waals surface area (Å²) in [6, 6.07) is 12.4. The van der Waals surface area contributed by atoms with Gasteiger partial charge in [0.1, 0.15) is 23.9 Å². The first-order valence-electron chi connectivity index (χ1n) is 5.89. The Balaban J connectivity index is 2.09. The van der Waals surface area contributed by atoms with E-state index < -0.39 is 0 Å². The maximum absolute atomic E-state index is 8.91. The van der Waals surface area contributed by atoms with Crippen LogP contribution in [0.25, 0.3) is 0 Å². The van der Waals surface area contributed by atoms with Crippen LogP contribution in [-0.4, -0.2) is 16.0 Å². The molecule has 4 heteroatoms. The van der Waals surface area contributed by atoms with E-state index in [0.29, 0.717) is 11.7 Å². The Bertz CT molecular complexity index is 630. The molecule has 0 aliphatic carbocycles. The van der Waals surface area contributed by atoms with Gasteiger partial charge in [0.15, 0.2) is 0 Å². The van der Waals surface area contributed by atoms with Gasteiger partial charge in [-0.2, -0.15) is 5.26 Å². The van der Waals surface area contributed by atoms with Crippen molar-refractivity contribution < 1.29 is 0 Å². The fourth-order valence-electron chi connectivity index (χ4n) is 2.45. The second-order valence-corrected chi connectivity index (χ2v) is 4.43. The van der Waals surface area contributed by atoms with Gasteiger partial charge in [0, 0.05) is 17.8 Å². The quantitative estimate of drug-likeness (QED) is 0.763. The number of nitriles is 1. The molecule has 1 unspecified atom stereocenters. The van der Waals surface area contributed by atoms with Gasteiger partial charge >= 0.3 is 0 Å². The van der Waals surface area contributed by atoms with Crippen molar-refractivity contribution in [1.82, 2.24) is 9.97 Å². The predicted octanol–water partition coefficient (Wildman–Crippen LogP) is 2.43. The lowest BCUT2D eigenvalue weighted by molar-refractivity contribution is 0.748. The van der Waals surface area contributed by atoms with Crippen molar-refractivity contribution in [3.8, 4) is 6.07 Å². The van der Waals surface area contributed by atoms with Gasteiger partial charge in [-0.3, -0.25) is 0 Å². The standard InChI is InChI=1S/C14H12N4/c1-10-6-11-4-2-3-5-13(11)18(10)14-7-12(8-15)16-9-17-14/h2-5,7,9-10H,6H2,1H3. The zero-order chi connectivity index (χ0) is 12.5. The van der Waals surface area contributed by atoms with Crippen LogP contribution in [0.2, 0.25) is 0 Å². The summed E-state index contributed by atoms with van der Waals surface area (Å²) in [5, 5.41) is 8.91. The summed E-state index contributed by atoms with van der Waals surface area (Å²) < 4.78 is 0. The molecule has 0 N–H and O–H groups in total. The highest BCUT2D eigenvalue weighted by atomic mass is 15.2. The highest BCUT2D eigenvalue weighted by Gasteiger charge is 2.27.